The van der Waals surface area contributed by atoms with Crippen LogP contribution < -0.4 is 15.5 Å². The molecule has 0 fully saturated rings. The molecule has 1 aromatic rings. The van der Waals surface area contributed by atoms with E-state index >= 15 is 0 Å². The van der Waals surface area contributed by atoms with Gasteiger partial charge in [-0.3, -0.25) is 0 Å². The second kappa shape index (κ2) is 9.36. The third kappa shape index (κ3) is 6.98. The summed E-state index contributed by atoms with van der Waals surface area (Å²) in [6.45, 7) is 6.50. The lowest BCUT2D eigenvalue weighted by atomic mass is 10.3. The molecule has 0 heterocycles. The molecule has 0 aliphatic carbocycles. The van der Waals surface area contributed by atoms with E-state index < -0.39 is 30.4 Å². The van der Waals surface area contributed by atoms with E-state index in [-0.39, 0.29) is 0 Å². The molecule has 9 heteroatoms. The number of amides is 4. The molecule has 138 valence electrons. The van der Waals surface area contributed by atoms with Crippen LogP contribution in [0.15, 0.2) is 24.3 Å². The van der Waals surface area contributed by atoms with Crippen LogP contribution in [0.4, 0.5) is 20.1 Å². The number of rotatable bonds is 4. The second-order valence-corrected chi connectivity index (χ2v) is 5.49. The Kier molecular flexibility index (Phi) is 7.51. The number of nitrogens with one attached hydrogen (secondary N) is 2. The highest BCUT2D eigenvalue weighted by molar-refractivity contribution is 6.00. The van der Waals surface area contributed by atoms with Crippen molar-refractivity contribution < 1.29 is 28.6 Å². The summed E-state index contributed by atoms with van der Waals surface area (Å²) in [6.07, 6.45) is -2.90. The molecule has 0 aliphatic rings. The normalized spacial score (nSPS) is 10.2. The SMILES string of the molecule is COc1ccc(NC(=O)N(NC(=O)OC(C)C)C(=O)OC(C)C)cc1. The summed E-state index contributed by atoms with van der Waals surface area (Å²) < 4.78 is 14.8. The van der Waals surface area contributed by atoms with Gasteiger partial charge < -0.3 is 19.5 Å². The molecule has 0 atom stereocenters. The predicted molar refractivity (Wildman–Crippen MR) is 90.2 cm³/mol. The Balaban J connectivity index is 2.86. The highest BCUT2D eigenvalue weighted by Gasteiger charge is 2.27. The van der Waals surface area contributed by atoms with Crippen LogP contribution in [0, 0.1) is 0 Å². The van der Waals surface area contributed by atoms with Gasteiger partial charge in [0.25, 0.3) is 0 Å². The molecule has 0 radical (unpaired) electrons. The Morgan fingerprint density at radius 1 is 0.960 bits per heavy atom. The Bertz CT molecular complexity index is 600. The van der Waals surface area contributed by atoms with E-state index in [2.05, 4.69) is 10.7 Å². The summed E-state index contributed by atoms with van der Waals surface area (Å²) in [5, 5.41) is 2.88. The molecule has 1 rings (SSSR count). The maximum atomic E-state index is 12.3. The molecular formula is C16H23N3O6. The van der Waals surface area contributed by atoms with E-state index in [1.807, 2.05) is 0 Å². The number of urea groups is 1. The second-order valence-electron chi connectivity index (χ2n) is 5.49. The largest absolute Gasteiger partial charge is 0.497 e. The molecule has 0 unspecified atom stereocenters. The first-order chi connectivity index (χ1) is 11.7. The quantitative estimate of drug-likeness (QED) is 0.806. The number of methoxy groups -OCH3 is 1. The number of hydrazine groups is 1. The summed E-state index contributed by atoms with van der Waals surface area (Å²) >= 11 is 0. The third-order valence-corrected chi connectivity index (χ3v) is 2.61. The molecule has 9 nitrogen and oxygen atoms in total. The highest BCUT2D eigenvalue weighted by Crippen LogP contribution is 2.15. The van der Waals surface area contributed by atoms with Gasteiger partial charge in [-0.05, 0) is 52.0 Å². The van der Waals surface area contributed by atoms with Gasteiger partial charge >= 0.3 is 18.2 Å². The van der Waals surface area contributed by atoms with Crippen molar-refractivity contribution in [2.24, 2.45) is 0 Å². The molecule has 25 heavy (non-hydrogen) atoms. The van der Waals surface area contributed by atoms with Gasteiger partial charge in [-0.25, -0.2) is 19.8 Å². The van der Waals surface area contributed by atoms with Crippen LogP contribution in [0.3, 0.4) is 0 Å². The molecule has 1 aromatic carbocycles. The summed E-state index contributed by atoms with van der Waals surface area (Å²) in [6, 6.07) is 5.51. The number of anilines is 1. The van der Waals surface area contributed by atoms with Crippen LogP contribution in [0.1, 0.15) is 27.7 Å². The number of imide groups is 1. The monoisotopic (exact) mass is 353 g/mol. The van der Waals surface area contributed by atoms with Gasteiger partial charge in [-0.2, -0.15) is 0 Å². The van der Waals surface area contributed by atoms with Crippen LogP contribution >= 0.6 is 0 Å². The van der Waals surface area contributed by atoms with Crippen molar-refractivity contribution in [3.63, 3.8) is 0 Å². The van der Waals surface area contributed by atoms with E-state index in [0.29, 0.717) is 16.4 Å². The number of carbonyl (C=O) groups excluding carboxylic acids is 3. The van der Waals surface area contributed by atoms with Crippen LogP contribution in [-0.4, -0.2) is 42.5 Å². The first-order valence-corrected chi connectivity index (χ1v) is 7.66. The molecule has 0 spiro atoms. The Morgan fingerprint density at radius 2 is 1.52 bits per heavy atom. The lowest BCUT2D eigenvalue weighted by Gasteiger charge is -2.22. The zero-order valence-corrected chi connectivity index (χ0v) is 14.9. The van der Waals surface area contributed by atoms with Crippen LogP contribution in [-0.2, 0) is 9.47 Å². The summed E-state index contributed by atoms with van der Waals surface area (Å²) in [5.74, 6) is 0.604. The fourth-order valence-electron chi connectivity index (χ4n) is 1.62. The van der Waals surface area contributed by atoms with Crippen molar-refractivity contribution in [1.29, 1.82) is 0 Å². The molecular weight excluding hydrogens is 330 g/mol. The topological polar surface area (TPSA) is 106 Å². The van der Waals surface area contributed by atoms with E-state index in [1.54, 1.807) is 52.0 Å². The van der Waals surface area contributed by atoms with Gasteiger partial charge in [0.2, 0.25) is 0 Å². The average Bonchev–Trinajstić information content (AvgIpc) is 2.51. The lowest BCUT2D eigenvalue weighted by molar-refractivity contribution is 0.0602. The third-order valence-electron chi connectivity index (χ3n) is 2.61. The first kappa shape index (κ1) is 20.1. The van der Waals surface area contributed by atoms with Gasteiger partial charge in [0.1, 0.15) is 5.75 Å². The summed E-state index contributed by atoms with van der Waals surface area (Å²) in [7, 11) is 1.52. The van der Waals surface area contributed by atoms with Crippen LogP contribution in [0.25, 0.3) is 0 Å². The molecule has 0 saturated carbocycles. The number of ether oxygens (including phenoxy) is 3. The van der Waals surface area contributed by atoms with E-state index in [1.165, 1.54) is 7.11 Å². The van der Waals surface area contributed by atoms with Crippen molar-refractivity contribution >= 4 is 23.9 Å². The molecule has 0 saturated heterocycles. The van der Waals surface area contributed by atoms with Crippen molar-refractivity contribution in [2.75, 3.05) is 12.4 Å². The molecule has 0 aromatic heterocycles. The van der Waals surface area contributed by atoms with E-state index in [0.717, 1.165) is 0 Å². The fourth-order valence-corrected chi connectivity index (χ4v) is 1.62. The standard InChI is InChI=1S/C16H23N3O6/c1-10(2)24-15(21)18-19(16(22)25-11(3)4)14(20)17-12-6-8-13(23-5)9-7-12/h6-11H,1-5H3,(H,17,20)(H,18,21). The summed E-state index contributed by atoms with van der Waals surface area (Å²) in [5.41, 5.74) is 2.45. The van der Waals surface area contributed by atoms with Crippen LogP contribution in [0.2, 0.25) is 0 Å². The van der Waals surface area contributed by atoms with E-state index in [9.17, 15) is 14.4 Å². The molecule has 0 bridgehead atoms. The Morgan fingerprint density at radius 3 is 2.00 bits per heavy atom. The number of nitrogens with zero attached hydrogens (tertiary/aromatic N) is 1. The van der Waals surface area contributed by atoms with Crippen molar-refractivity contribution in [2.45, 2.75) is 39.9 Å². The zero-order valence-electron chi connectivity index (χ0n) is 14.9. The zero-order chi connectivity index (χ0) is 19.0. The number of benzene rings is 1. The maximum absolute atomic E-state index is 12.3. The van der Waals surface area contributed by atoms with Crippen molar-refractivity contribution in [3.05, 3.63) is 24.3 Å². The first-order valence-electron chi connectivity index (χ1n) is 7.66. The summed E-state index contributed by atoms with van der Waals surface area (Å²) in [4.78, 5) is 36.1. The molecule has 0 aliphatic heterocycles. The Labute approximate surface area is 146 Å². The average molecular weight is 353 g/mol. The van der Waals surface area contributed by atoms with Gasteiger partial charge in [0.15, 0.2) is 0 Å². The minimum absolute atomic E-state index is 0.396. The lowest BCUT2D eigenvalue weighted by Crippen LogP contribution is -2.52. The van der Waals surface area contributed by atoms with E-state index in [4.69, 9.17) is 14.2 Å². The Hall–Kier alpha value is -2.97. The van der Waals surface area contributed by atoms with Crippen LogP contribution in [0.5, 0.6) is 5.75 Å². The maximum Gasteiger partial charge on any atom is 0.437 e. The van der Waals surface area contributed by atoms with Gasteiger partial charge in [-0.15, -0.1) is 5.01 Å². The highest BCUT2D eigenvalue weighted by atomic mass is 16.6. The van der Waals surface area contributed by atoms with Crippen molar-refractivity contribution in [1.82, 2.24) is 10.4 Å². The van der Waals surface area contributed by atoms with Crippen molar-refractivity contribution in [3.8, 4) is 5.75 Å². The fraction of sp³-hybridized carbons (Fsp3) is 0.438. The predicted octanol–water partition coefficient (Wildman–Crippen LogP) is 3.12. The number of hydrogen-bond donors (Lipinski definition) is 2. The minimum Gasteiger partial charge on any atom is -0.497 e. The number of carbonyl (C=O) groups is 3. The van der Waals surface area contributed by atoms with Gasteiger partial charge in [0, 0.05) is 5.69 Å². The number of hydrogen-bond acceptors (Lipinski definition) is 6. The minimum atomic E-state index is -1.04. The van der Waals surface area contributed by atoms with Gasteiger partial charge in [0.05, 0.1) is 19.3 Å². The molecule has 4 amide bonds. The smallest absolute Gasteiger partial charge is 0.437 e. The molecule has 2 N–H and O–H groups in total. The van der Waals surface area contributed by atoms with Gasteiger partial charge in [-0.1, -0.05) is 0 Å².